The molecule has 2 aliphatic heterocycles. The van der Waals surface area contributed by atoms with E-state index in [2.05, 4.69) is 10.6 Å². The Morgan fingerprint density at radius 1 is 1.19 bits per heavy atom. The molecule has 0 aromatic heterocycles. The molecule has 0 bridgehead atoms. The molecule has 4 rings (SSSR count). The average Bonchev–Trinajstić information content (AvgIpc) is 2.63. The second-order valence-corrected chi connectivity index (χ2v) is 6.29. The number of para-hydroxylation sites is 2. The van der Waals surface area contributed by atoms with Crippen molar-refractivity contribution in [3.8, 4) is 11.5 Å². The molecule has 2 aromatic rings. The number of rotatable bonds is 2. The highest BCUT2D eigenvalue weighted by molar-refractivity contribution is 5.95. The molecule has 2 aromatic carbocycles. The Bertz CT molecular complexity index is 830. The Morgan fingerprint density at radius 3 is 2.69 bits per heavy atom. The van der Waals surface area contributed by atoms with Crippen LogP contribution in [-0.4, -0.2) is 24.7 Å². The number of hydrogen-bond donors (Lipinski definition) is 2. The summed E-state index contributed by atoms with van der Waals surface area (Å²) in [4.78, 5) is 12.6. The summed E-state index contributed by atoms with van der Waals surface area (Å²) in [6.07, 6.45) is -0.704. The van der Waals surface area contributed by atoms with Gasteiger partial charge in [-0.25, -0.2) is 4.39 Å². The molecule has 138 valence electrons. The lowest BCUT2D eigenvalue weighted by molar-refractivity contribution is -0.128. The summed E-state index contributed by atoms with van der Waals surface area (Å²) in [7, 11) is 0. The molecule has 2 atom stereocenters. The molecule has 5 nitrogen and oxygen atoms in total. The molecule has 2 unspecified atom stereocenters. The van der Waals surface area contributed by atoms with Gasteiger partial charge in [-0.3, -0.25) is 4.79 Å². The van der Waals surface area contributed by atoms with Gasteiger partial charge in [-0.05, 0) is 49.2 Å². The topological polar surface area (TPSA) is 59.6 Å². The molecular formula is C19H20ClFN2O3. The maximum atomic E-state index is 14.7. The number of amides is 1. The van der Waals surface area contributed by atoms with Crippen molar-refractivity contribution >= 4 is 24.0 Å². The van der Waals surface area contributed by atoms with Gasteiger partial charge in [0.1, 0.15) is 11.9 Å². The number of carbonyl (C=O) groups is 1. The third kappa shape index (κ3) is 3.34. The zero-order chi connectivity index (χ0) is 17.4. The SMILES string of the molecule is CC1Oc2ccccc2OC1C(=O)Nc1ccc2c(c1F)CCNC2.Cl. The lowest BCUT2D eigenvalue weighted by Gasteiger charge is -2.31. The Labute approximate surface area is 157 Å². The van der Waals surface area contributed by atoms with Crippen LogP contribution in [0.2, 0.25) is 0 Å². The molecule has 2 heterocycles. The summed E-state index contributed by atoms with van der Waals surface area (Å²) in [6, 6.07) is 10.6. The highest BCUT2D eigenvalue weighted by atomic mass is 35.5. The van der Waals surface area contributed by atoms with Crippen LogP contribution in [0.4, 0.5) is 10.1 Å². The maximum absolute atomic E-state index is 14.7. The lowest BCUT2D eigenvalue weighted by atomic mass is 9.99. The molecule has 0 fully saturated rings. The molecule has 0 spiro atoms. The second kappa shape index (κ2) is 7.51. The predicted molar refractivity (Wildman–Crippen MR) is 98.6 cm³/mol. The average molecular weight is 379 g/mol. The highest BCUT2D eigenvalue weighted by Gasteiger charge is 2.34. The number of carbonyl (C=O) groups excluding carboxylic acids is 1. The van der Waals surface area contributed by atoms with Crippen LogP contribution in [0.3, 0.4) is 0 Å². The van der Waals surface area contributed by atoms with Crippen LogP contribution in [0.25, 0.3) is 0 Å². The second-order valence-electron chi connectivity index (χ2n) is 6.29. The summed E-state index contributed by atoms with van der Waals surface area (Å²) < 4.78 is 26.2. The number of fused-ring (bicyclic) bond motifs is 2. The first kappa shape index (κ1) is 18.5. The van der Waals surface area contributed by atoms with Gasteiger partial charge in [-0.2, -0.15) is 0 Å². The Morgan fingerprint density at radius 2 is 1.92 bits per heavy atom. The largest absolute Gasteiger partial charge is 0.482 e. The lowest BCUT2D eigenvalue weighted by Crippen LogP contribution is -2.46. The molecule has 0 aliphatic carbocycles. The maximum Gasteiger partial charge on any atom is 0.269 e. The van der Waals surface area contributed by atoms with Crippen molar-refractivity contribution in [2.45, 2.75) is 32.1 Å². The first-order chi connectivity index (χ1) is 12.1. The quantitative estimate of drug-likeness (QED) is 0.843. The minimum atomic E-state index is -0.841. The Balaban J connectivity index is 0.00000196. The summed E-state index contributed by atoms with van der Waals surface area (Å²) >= 11 is 0. The fourth-order valence-corrected chi connectivity index (χ4v) is 3.24. The van der Waals surface area contributed by atoms with Crippen molar-refractivity contribution in [1.29, 1.82) is 0 Å². The van der Waals surface area contributed by atoms with Crippen molar-refractivity contribution in [3.63, 3.8) is 0 Å². The monoisotopic (exact) mass is 378 g/mol. The van der Waals surface area contributed by atoms with E-state index in [-0.39, 0.29) is 23.9 Å². The smallest absolute Gasteiger partial charge is 0.269 e. The van der Waals surface area contributed by atoms with Gasteiger partial charge in [0, 0.05) is 6.54 Å². The highest BCUT2D eigenvalue weighted by Crippen LogP contribution is 2.34. The van der Waals surface area contributed by atoms with Gasteiger partial charge < -0.3 is 20.1 Å². The van der Waals surface area contributed by atoms with Gasteiger partial charge in [-0.15, -0.1) is 12.4 Å². The van der Waals surface area contributed by atoms with E-state index in [0.29, 0.717) is 30.0 Å². The van der Waals surface area contributed by atoms with E-state index in [4.69, 9.17) is 9.47 Å². The molecule has 1 amide bonds. The van der Waals surface area contributed by atoms with E-state index in [1.54, 1.807) is 25.1 Å². The van der Waals surface area contributed by atoms with E-state index in [0.717, 1.165) is 12.1 Å². The van der Waals surface area contributed by atoms with Crippen molar-refractivity contribution in [2.24, 2.45) is 0 Å². The molecule has 2 N–H and O–H groups in total. The van der Waals surface area contributed by atoms with E-state index in [1.165, 1.54) is 0 Å². The molecular weight excluding hydrogens is 359 g/mol. The summed E-state index contributed by atoms with van der Waals surface area (Å²) in [5.74, 6) is 0.330. The van der Waals surface area contributed by atoms with Crippen molar-refractivity contribution in [2.75, 3.05) is 11.9 Å². The van der Waals surface area contributed by atoms with Crippen molar-refractivity contribution in [1.82, 2.24) is 5.32 Å². The van der Waals surface area contributed by atoms with Gasteiger partial charge in [0.05, 0.1) is 5.69 Å². The van der Waals surface area contributed by atoms with Crippen LogP contribution in [-0.2, 0) is 17.8 Å². The molecule has 0 saturated heterocycles. The van der Waals surface area contributed by atoms with Crippen LogP contribution in [0.1, 0.15) is 18.1 Å². The fraction of sp³-hybridized carbons (Fsp3) is 0.316. The van der Waals surface area contributed by atoms with E-state index < -0.39 is 18.1 Å². The number of ether oxygens (including phenoxy) is 2. The van der Waals surface area contributed by atoms with Crippen molar-refractivity contribution in [3.05, 3.63) is 53.3 Å². The summed E-state index contributed by atoms with van der Waals surface area (Å²) in [6.45, 7) is 3.14. The van der Waals surface area contributed by atoms with E-state index >= 15 is 0 Å². The Hall–Kier alpha value is -2.31. The van der Waals surface area contributed by atoms with E-state index in [9.17, 15) is 9.18 Å². The standard InChI is InChI=1S/C19H19FN2O3.ClH/c1-11-18(25-16-5-3-2-4-15(16)24-11)19(23)22-14-7-6-12-10-21-9-8-13(12)17(14)20;/h2-7,11,18,21H,8-10H2,1H3,(H,22,23);1H. The number of halogens is 2. The minimum absolute atomic E-state index is 0. The number of nitrogens with one attached hydrogen (secondary N) is 2. The fourth-order valence-electron chi connectivity index (χ4n) is 3.24. The predicted octanol–water partition coefficient (Wildman–Crippen LogP) is 3.06. The van der Waals surface area contributed by atoms with Gasteiger partial charge in [0.25, 0.3) is 5.91 Å². The zero-order valence-corrected chi connectivity index (χ0v) is 15.1. The molecule has 7 heteroatoms. The number of hydrogen-bond acceptors (Lipinski definition) is 4. The zero-order valence-electron chi connectivity index (χ0n) is 14.3. The molecule has 0 radical (unpaired) electrons. The molecule has 26 heavy (non-hydrogen) atoms. The first-order valence-corrected chi connectivity index (χ1v) is 8.37. The van der Waals surface area contributed by atoms with Crippen LogP contribution >= 0.6 is 12.4 Å². The Kier molecular flexibility index (Phi) is 5.34. The van der Waals surface area contributed by atoms with Crippen LogP contribution in [0.5, 0.6) is 11.5 Å². The van der Waals surface area contributed by atoms with Gasteiger partial charge in [-0.1, -0.05) is 18.2 Å². The first-order valence-electron chi connectivity index (χ1n) is 8.37. The third-order valence-electron chi connectivity index (χ3n) is 4.57. The minimum Gasteiger partial charge on any atom is -0.482 e. The third-order valence-corrected chi connectivity index (χ3v) is 4.57. The summed E-state index contributed by atoms with van der Waals surface area (Å²) in [5.41, 5.74) is 1.78. The van der Waals surface area contributed by atoms with Gasteiger partial charge >= 0.3 is 0 Å². The number of anilines is 1. The van der Waals surface area contributed by atoms with Crippen LogP contribution in [0.15, 0.2) is 36.4 Å². The normalized spacial score (nSPS) is 20.5. The molecule has 2 aliphatic rings. The van der Waals surface area contributed by atoms with E-state index in [1.807, 2.05) is 18.2 Å². The molecule has 0 saturated carbocycles. The van der Waals surface area contributed by atoms with Gasteiger partial charge in [0.2, 0.25) is 6.10 Å². The summed E-state index contributed by atoms with van der Waals surface area (Å²) in [5, 5.41) is 5.86. The van der Waals surface area contributed by atoms with Crippen LogP contribution < -0.4 is 20.1 Å². The van der Waals surface area contributed by atoms with Crippen molar-refractivity contribution < 1.29 is 18.7 Å². The van der Waals surface area contributed by atoms with Gasteiger partial charge in [0.15, 0.2) is 11.5 Å². The van der Waals surface area contributed by atoms with Crippen LogP contribution in [0, 0.1) is 5.82 Å². The number of benzene rings is 2.